The molecule has 0 atom stereocenters. The molecule has 4 nitrogen and oxygen atoms in total. The number of hydrogen-bond donors (Lipinski definition) is 2. The van der Waals surface area contributed by atoms with Gasteiger partial charge in [-0.2, -0.15) is 0 Å². The van der Waals surface area contributed by atoms with Crippen molar-refractivity contribution >= 4 is 23.2 Å². The number of halogens is 2. The molecular formula is C16H14F2N2O2. The summed E-state index contributed by atoms with van der Waals surface area (Å²) in [4.78, 5) is 23.5. The van der Waals surface area contributed by atoms with Gasteiger partial charge in [-0.1, -0.05) is 6.07 Å². The van der Waals surface area contributed by atoms with Crippen LogP contribution in [0.25, 0.3) is 0 Å². The highest BCUT2D eigenvalue weighted by Crippen LogP contribution is 2.15. The van der Waals surface area contributed by atoms with Gasteiger partial charge in [-0.3, -0.25) is 9.59 Å². The highest BCUT2D eigenvalue weighted by atomic mass is 19.2. The Hall–Kier alpha value is -2.76. The molecule has 0 spiro atoms. The highest BCUT2D eigenvalue weighted by Gasteiger charge is 2.15. The second-order valence-corrected chi connectivity index (χ2v) is 4.84. The summed E-state index contributed by atoms with van der Waals surface area (Å²) in [6.45, 7) is 3.81. The average molecular weight is 304 g/mol. The molecule has 22 heavy (non-hydrogen) atoms. The third kappa shape index (κ3) is 3.66. The number of rotatable bonds is 2. The van der Waals surface area contributed by atoms with Crippen LogP contribution in [0.5, 0.6) is 0 Å². The Bertz CT molecular complexity index is 681. The van der Waals surface area contributed by atoms with E-state index in [4.69, 9.17) is 0 Å². The summed E-state index contributed by atoms with van der Waals surface area (Å²) in [6.07, 6.45) is 0. The van der Waals surface area contributed by atoms with E-state index in [2.05, 4.69) is 10.6 Å². The standard InChI is InChI=1S/C16H14F2N2O2/c1-9-3-4-11(7-10(9)2)19-15(21)16(22)20-12-5-6-13(17)14(18)8-12/h3-8H,1-2H3,(H,19,21)(H,20,22). The summed E-state index contributed by atoms with van der Waals surface area (Å²) in [5, 5.41) is 4.64. The lowest BCUT2D eigenvalue weighted by Crippen LogP contribution is -2.29. The summed E-state index contributed by atoms with van der Waals surface area (Å²) in [6, 6.07) is 8.06. The molecule has 0 saturated heterocycles. The Labute approximate surface area is 126 Å². The zero-order valence-corrected chi connectivity index (χ0v) is 12.0. The van der Waals surface area contributed by atoms with E-state index >= 15 is 0 Å². The van der Waals surface area contributed by atoms with Gasteiger partial charge in [0.15, 0.2) is 11.6 Å². The number of hydrogen-bond acceptors (Lipinski definition) is 2. The van der Waals surface area contributed by atoms with Gasteiger partial charge in [0.25, 0.3) is 0 Å². The fourth-order valence-corrected chi connectivity index (χ4v) is 1.77. The molecule has 2 aromatic rings. The monoisotopic (exact) mass is 304 g/mol. The number of aryl methyl sites for hydroxylation is 2. The fraction of sp³-hybridized carbons (Fsp3) is 0.125. The van der Waals surface area contributed by atoms with Crippen LogP contribution < -0.4 is 10.6 Å². The molecule has 114 valence electrons. The minimum Gasteiger partial charge on any atom is -0.318 e. The Morgan fingerprint density at radius 2 is 1.32 bits per heavy atom. The van der Waals surface area contributed by atoms with E-state index in [1.807, 2.05) is 19.9 Å². The first-order valence-electron chi connectivity index (χ1n) is 6.51. The molecule has 0 unspecified atom stereocenters. The van der Waals surface area contributed by atoms with Crippen molar-refractivity contribution in [3.05, 3.63) is 59.2 Å². The van der Waals surface area contributed by atoms with Crippen molar-refractivity contribution in [2.45, 2.75) is 13.8 Å². The van der Waals surface area contributed by atoms with Crippen molar-refractivity contribution in [1.29, 1.82) is 0 Å². The van der Waals surface area contributed by atoms with Gasteiger partial charge in [0, 0.05) is 17.4 Å². The van der Waals surface area contributed by atoms with Crippen LogP contribution in [0.3, 0.4) is 0 Å². The van der Waals surface area contributed by atoms with E-state index in [1.165, 1.54) is 6.07 Å². The normalized spacial score (nSPS) is 10.2. The number of benzene rings is 2. The second kappa shape index (κ2) is 6.34. The van der Waals surface area contributed by atoms with Crippen LogP contribution in [0, 0.1) is 25.5 Å². The molecule has 2 rings (SSSR count). The first-order chi connectivity index (χ1) is 10.4. The summed E-state index contributed by atoms with van der Waals surface area (Å²) < 4.78 is 25.8. The quantitative estimate of drug-likeness (QED) is 0.837. The van der Waals surface area contributed by atoms with Crippen LogP contribution in [0.1, 0.15) is 11.1 Å². The Morgan fingerprint density at radius 1 is 0.773 bits per heavy atom. The third-order valence-corrected chi connectivity index (χ3v) is 3.15. The minimum atomic E-state index is -1.10. The number of nitrogens with one attached hydrogen (secondary N) is 2. The largest absolute Gasteiger partial charge is 0.318 e. The molecule has 6 heteroatoms. The summed E-state index contributed by atoms with van der Waals surface area (Å²) in [5.41, 5.74) is 2.51. The zero-order chi connectivity index (χ0) is 16.3. The van der Waals surface area contributed by atoms with Gasteiger partial charge in [-0.15, -0.1) is 0 Å². The van der Waals surface area contributed by atoms with E-state index in [-0.39, 0.29) is 5.69 Å². The van der Waals surface area contributed by atoms with Crippen LogP contribution in [-0.4, -0.2) is 11.8 Å². The number of carbonyl (C=O) groups excluding carboxylic acids is 2. The summed E-state index contributed by atoms with van der Waals surface area (Å²) in [5.74, 6) is -4.00. The van der Waals surface area contributed by atoms with Crippen LogP contribution in [0.15, 0.2) is 36.4 Å². The maximum absolute atomic E-state index is 13.0. The molecule has 0 saturated carbocycles. The summed E-state index contributed by atoms with van der Waals surface area (Å²) >= 11 is 0. The fourth-order valence-electron chi connectivity index (χ4n) is 1.77. The number of anilines is 2. The van der Waals surface area contributed by atoms with Gasteiger partial charge >= 0.3 is 11.8 Å². The molecule has 0 aliphatic rings. The topological polar surface area (TPSA) is 58.2 Å². The molecular weight excluding hydrogens is 290 g/mol. The molecule has 0 aromatic heterocycles. The second-order valence-electron chi connectivity index (χ2n) is 4.84. The molecule has 2 N–H and O–H groups in total. The van der Waals surface area contributed by atoms with Crippen LogP contribution in [-0.2, 0) is 9.59 Å². The smallest absolute Gasteiger partial charge is 0.314 e. The minimum absolute atomic E-state index is 0.000799. The van der Waals surface area contributed by atoms with Gasteiger partial charge in [0.1, 0.15) is 0 Å². The lowest BCUT2D eigenvalue weighted by Gasteiger charge is -2.08. The molecule has 0 fully saturated rings. The van der Waals surface area contributed by atoms with Crippen molar-refractivity contribution in [3.63, 3.8) is 0 Å². The van der Waals surface area contributed by atoms with Crippen molar-refractivity contribution in [2.24, 2.45) is 0 Å². The average Bonchev–Trinajstić information content (AvgIpc) is 2.46. The number of amides is 2. The molecule has 2 amide bonds. The van der Waals surface area contributed by atoms with Crippen molar-refractivity contribution < 1.29 is 18.4 Å². The van der Waals surface area contributed by atoms with Gasteiger partial charge < -0.3 is 10.6 Å². The molecule has 0 bridgehead atoms. The van der Waals surface area contributed by atoms with E-state index in [9.17, 15) is 18.4 Å². The SMILES string of the molecule is Cc1ccc(NC(=O)C(=O)Nc2ccc(F)c(F)c2)cc1C. The maximum Gasteiger partial charge on any atom is 0.314 e. The molecule has 0 aliphatic carbocycles. The van der Waals surface area contributed by atoms with Gasteiger partial charge in [0.2, 0.25) is 0 Å². The van der Waals surface area contributed by atoms with Crippen LogP contribution in [0.4, 0.5) is 20.2 Å². The van der Waals surface area contributed by atoms with E-state index in [0.717, 1.165) is 23.3 Å². The van der Waals surface area contributed by atoms with Crippen LogP contribution in [0.2, 0.25) is 0 Å². The first-order valence-corrected chi connectivity index (χ1v) is 6.51. The number of carbonyl (C=O) groups is 2. The van der Waals surface area contributed by atoms with Crippen LogP contribution >= 0.6 is 0 Å². The van der Waals surface area contributed by atoms with E-state index in [0.29, 0.717) is 5.69 Å². The van der Waals surface area contributed by atoms with Crippen molar-refractivity contribution in [1.82, 2.24) is 0 Å². The van der Waals surface area contributed by atoms with Crippen molar-refractivity contribution in [3.8, 4) is 0 Å². The molecule has 0 radical (unpaired) electrons. The van der Waals surface area contributed by atoms with Gasteiger partial charge in [-0.05, 0) is 49.2 Å². The van der Waals surface area contributed by atoms with Crippen molar-refractivity contribution in [2.75, 3.05) is 10.6 Å². The zero-order valence-electron chi connectivity index (χ0n) is 12.0. The maximum atomic E-state index is 13.0. The van der Waals surface area contributed by atoms with Gasteiger partial charge in [0.05, 0.1) is 0 Å². The predicted octanol–water partition coefficient (Wildman–Crippen LogP) is 3.16. The highest BCUT2D eigenvalue weighted by molar-refractivity contribution is 6.43. The third-order valence-electron chi connectivity index (χ3n) is 3.15. The molecule has 0 aliphatic heterocycles. The molecule has 0 heterocycles. The summed E-state index contributed by atoms with van der Waals surface area (Å²) in [7, 11) is 0. The van der Waals surface area contributed by atoms with E-state index < -0.39 is 23.4 Å². The van der Waals surface area contributed by atoms with Gasteiger partial charge in [-0.25, -0.2) is 8.78 Å². The Morgan fingerprint density at radius 3 is 1.86 bits per heavy atom. The lowest BCUT2D eigenvalue weighted by atomic mass is 10.1. The Balaban J connectivity index is 2.04. The predicted molar refractivity (Wildman–Crippen MR) is 79.5 cm³/mol. The lowest BCUT2D eigenvalue weighted by molar-refractivity contribution is -0.133. The van der Waals surface area contributed by atoms with E-state index in [1.54, 1.807) is 12.1 Å². The Kier molecular flexibility index (Phi) is 4.50. The first kappa shape index (κ1) is 15.6. The molecule has 2 aromatic carbocycles.